The van der Waals surface area contributed by atoms with Crippen LogP contribution in [0.15, 0.2) is 48.8 Å². The third-order valence-electron chi connectivity index (χ3n) is 4.22. The van der Waals surface area contributed by atoms with Crippen LogP contribution in [0.3, 0.4) is 0 Å². The van der Waals surface area contributed by atoms with E-state index in [0.29, 0.717) is 34.3 Å². The lowest BCUT2D eigenvalue weighted by molar-refractivity contribution is 0.251. The van der Waals surface area contributed by atoms with Crippen LogP contribution < -0.4 is 24.8 Å². The molecule has 3 aromatic rings. The van der Waals surface area contributed by atoms with Crippen molar-refractivity contribution in [1.29, 1.82) is 0 Å². The zero-order valence-electron chi connectivity index (χ0n) is 16.7. The van der Waals surface area contributed by atoms with Crippen molar-refractivity contribution in [2.24, 2.45) is 0 Å². The lowest BCUT2D eigenvalue weighted by Crippen LogP contribution is -2.28. The van der Waals surface area contributed by atoms with E-state index in [2.05, 4.69) is 20.6 Å². The Balaban J connectivity index is 1.66. The first-order chi connectivity index (χ1) is 14.5. The number of rotatable bonds is 7. The smallest absolute Gasteiger partial charge is 0.319 e. The summed E-state index contributed by atoms with van der Waals surface area (Å²) in [6, 6.07) is 10.5. The lowest BCUT2D eigenvalue weighted by Gasteiger charge is -2.15. The molecule has 0 radical (unpaired) electrons. The Kier molecular flexibility index (Phi) is 6.63. The number of ether oxygens (including phenoxy) is 3. The molecule has 0 unspecified atom stereocenters. The van der Waals surface area contributed by atoms with Crippen LogP contribution >= 0.6 is 0 Å². The van der Waals surface area contributed by atoms with E-state index in [1.165, 1.54) is 39.8 Å². The van der Waals surface area contributed by atoms with Gasteiger partial charge in [-0.2, -0.15) is 0 Å². The summed E-state index contributed by atoms with van der Waals surface area (Å²) in [5.74, 6) is 0.956. The zero-order chi connectivity index (χ0) is 21.5. The number of carbonyl (C=O) groups excluding carboxylic acids is 1. The number of benzene rings is 2. The van der Waals surface area contributed by atoms with Gasteiger partial charge in [-0.25, -0.2) is 19.2 Å². The highest BCUT2D eigenvalue weighted by Gasteiger charge is 2.14. The number of carbonyl (C=O) groups is 1. The number of nitrogens with zero attached hydrogens (tertiary/aromatic N) is 2. The van der Waals surface area contributed by atoms with Crippen molar-refractivity contribution in [3.63, 3.8) is 0 Å². The van der Waals surface area contributed by atoms with Crippen molar-refractivity contribution >= 4 is 11.7 Å². The van der Waals surface area contributed by atoms with Gasteiger partial charge in [-0.1, -0.05) is 0 Å². The molecule has 2 amide bonds. The molecule has 1 heterocycles. The highest BCUT2D eigenvalue weighted by atomic mass is 19.1. The fourth-order valence-corrected chi connectivity index (χ4v) is 2.77. The predicted octanol–water partition coefficient (Wildman–Crippen LogP) is 3.63. The Morgan fingerprint density at radius 2 is 1.63 bits per heavy atom. The molecule has 0 bridgehead atoms. The quantitative estimate of drug-likeness (QED) is 0.615. The number of aromatic nitrogens is 2. The van der Waals surface area contributed by atoms with E-state index in [-0.39, 0.29) is 12.4 Å². The molecule has 0 aliphatic heterocycles. The molecule has 156 valence electrons. The van der Waals surface area contributed by atoms with Gasteiger partial charge in [0.15, 0.2) is 11.5 Å². The first kappa shape index (κ1) is 20.8. The summed E-state index contributed by atoms with van der Waals surface area (Å²) in [5, 5.41) is 5.44. The molecule has 2 aromatic carbocycles. The van der Waals surface area contributed by atoms with E-state index < -0.39 is 6.03 Å². The van der Waals surface area contributed by atoms with Gasteiger partial charge in [0.2, 0.25) is 5.75 Å². The van der Waals surface area contributed by atoms with E-state index in [1.807, 2.05) is 0 Å². The number of urea groups is 1. The maximum atomic E-state index is 13.1. The van der Waals surface area contributed by atoms with Crippen LogP contribution in [0.1, 0.15) is 5.69 Å². The second-order valence-electron chi connectivity index (χ2n) is 6.12. The average Bonchev–Trinajstić information content (AvgIpc) is 2.77. The van der Waals surface area contributed by atoms with Gasteiger partial charge in [0.1, 0.15) is 12.1 Å². The molecule has 0 saturated heterocycles. The van der Waals surface area contributed by atoms with Gasteiger partial charge in [-0.3, -0.25) is 0 Å². The minimum Gasteiger partial charge on any atom is -0.493 e. The van der Waals surface area contributed by atoms with Crippen LogP contribution in [-0.2, 0) is 6.54 Å². The number of hydrogen-bond donors (Lipinski definition) is 2. The van der Waals surface area contributed by atoms with Gasteiger partial charge in [-0.05, 0) is 30.3 Å². The molecule has 0 aliphatic carbocycles. The van der Waals surface area contributed by atoms with Crippen molar-refractivity contribution in [2.75, 3.05) is 26.6 Å². The summed E-state index contributed by atoms with van der Waals surface area (Å²) >= 11 is 0. The molecule has 9 heteroatoms. The average molecular weight is 412 g/mol. The second kappa shape index (κ2) is 9.55. The van der Waals surface area contributed by atoms with Gasteiger partial charge >= 0.3 is 6.03 Å². The van der Waals surface area contributed by atoms with Crippen molar-refractivity contribution in [1.82, 2.24) is 15.3 Å². The number of hydrogen-bond acceptors (Lipinski definition) is 6. The molecule has 1 aromatic heterocycles. The summed E-state index contributed by atoms with van der Waals surface area (Å²) in [7, 11) is 4.49. The molecule has 0 aliphatic rings. The third kappa shape index (κ3) is 4.93. The lowest BCUT2D eigenvalue weighted by atomic mass is 10.1. The number of anilines is 1. The molecule has 30 heavy (non-hydrogen) atoms. The Morgan fingerprint density at radius 3 is 2.23 bits per heavy atom. The zero-order valence-corrected chi connectivity index (χ0v) is 16.7. The fraction of sp³-hybridized carbons (Fsp3) is 0.190. The normalized spacial score (nSPS) is 10.3. The van der Waals surface area contributed by atoms with Crippen molar-refractivity contribution in [2.45, 2.75) is 6.54 Å². The highest BCUT2D eigenvalue weighted by Crippen LogP contribution is 2.39. The summed E-state index contributed by atoms with van der Waals surface area (Å²) in [6.45, 7) is 0.174. The summed E-state index contributed by atoms with van der Waals surface area (Å²) in [4.78, 5) is 20.7. The highest BCUT2D eigenvalue weighted by molar-refractivity contribution is 5.90. The summed E-state index contributed by atoms with van der Waals surface area (Å²) in [5.41, 5.74) is 2.45. The SMILES string of the molecule is COc1cc(NC(=O)NCc2cc(-c3ccc(F)cc3)ncn2)cc(OC)c1OC. The van der Waals surface area contributed by atoms with Crippen LogP contribution in [0.4, 0.5) is 14.9 Å². The molecule has 0 spiro atoms. The number of nitrogens with one attached hydrogen (secondary N) is 2. The first-order valence-corrected chi connectivity index (χ1v) is 8.95. The Labute approximate surface area is 173 Å². The largest absolute Gasteiger partial charge is 0.493 e. The number of amides is 2. The third-order valence-corrected chi connectivity index (χ3v) is 4.22. The van der Waals surface area contributed by atoms with Crippen LogP contribution in [-0.4, -0.2) is 37.3 Å². The topological polar surface area (TPSA) is 94.6 Å². The van der Waals surface area contributed by atoms with Crippen molar-refractivity contribution in [3.8, 4) is 28.5 Å². The molecule has 3 rings (SSSR count). The molecular formula is C21H21FN4O4. The maximum absolute atomic E-state index is 13.1. The molecule has 2 N–H and O–H groups in total. The Bertz CT molecular complexity index is 1000. The summed E-state index contributed by atoms with van der Waals surface area (Å²) in [6.07, 6.45) is 1.40. The van der Waals surface area contributed by atoms with Gasteiger partial charge in [-0.15, -0.1) is 0 Å². The van der Waals surface area contributed by atoms with E-state index >= 15 is 0 Å². The predicted molar refractivity (Wildman–Crippen MR) is 109 cm³/mol. The molecule has 8 nitrogen and oxygen atoms in total. The van der Waals surface area contributed by atoms with Crippen molar-refractivity contribution < 1.29 is 23.4 Å². The van der Waals surface area contributed by atoms with Crippen LogP contribution in [0.25, 0.3) is 11.3 Å². The number of methoxy groups -OCH3 is 3. The standard InChI is InChI=1S/C21H21FN4O4/c1-28-18-9-15(10-19(29-2)20(18)30-3)26-21(27)23-11-16-8-17(25-12-24-16)13-4-6-14(22)7-5-13/h4-10,12H,11H2,1-3H3,(H2,23,26,27). The van der Waals surface area contributed by atoms with Crippen LogP contribution in [0, 0.1) is 5.82 Å². The minimum absolute atomic E-state index is 0.174. The first-order valence-electron chi connectivity index (χ1n) is 8.95. The van der Waals surface area contributed by atoms with Gasteiger partial charge in [0.05, 0.1) is 44.9 Å². The Hall–Kier alpha value is -3.88. The fourth-order valence-electron chi connectivity index (χ4n) is 2.77. The Morgan fingerprint density at radius 1 is 0.967 bits per heavy atom. The molecule has 0 fully saturated rings. The maximum Gasteiger partial charge on any atom is 0.319 e. The molecule has 0 atom stereocenters. The molecular weight excluding hydrogens is 391 g/mol. The minimum atomic E-state index is -0.439. The summed E-state index contributed by atoms with van der Waals surface area (Å²) < 4.78 is 28.9. The molecule has 0 saturated carbocycles. The van der Waals surface area contributed by atoms with E-state index in [9.17, 15) is 9.18 Å². The van der Waals surface area contributed by atoms with Gasteiger partial charge in [0, 0.05) is 17.7 Å². The van der Waals surface area contributed by atoms with Crippen LogP contribution in [0.2, 0.25) is 0 Å². The monoisotopic (exact) mass is 412 g/mol. The number of halogens is 1. The van der Waals surface area contributed by atoms with Gasteiger partial charge in [0.25, 0.3) is 0 Å². The van der Waals surface area contributed by atoms with E-state index in [0.717, 1.165) is 5.56 Å². The van der Waals surface area contributed by atoms with Crippen LogP contribution in [0.5, 0.6) is 17.2 Å². The van der Waals surface area contributed by atoms with E-state index in [4.69, 9.17) is 14.2 Å². The second-order valence-corrected chi connectivity index (χ2v) is 6.12. The van der Waals surface area contributed by atoms with Gasteiger partial charge < -0.3 is 24.8 Å². The van der Waals surface area contributed by atoms with Crippen molar-refractivity contribution in [3.05, 3.63) is 60.3 Å². The van der Waals surface area contributed by atoms with E-state index in [1.54, 1.807) is 30.3 Å².